The molecule has 15 rings (SSSR count). The molecule has 0 saturated carbocycles. The second-order valence-electron chi connectivity index (χ2n) is 20.9. The number of rotatable bonds is 7. The lowest BCUT2D eigenvalue weighted by molar-refractivity contribution is 0.327. The van der Waals surface area contributed by atoms with Gasteiger partial charge in [-0.2, -0.15) is 0 Å². The van der Waals surface area contributed by atoms with Crippen LogP contribution in [0.3, 0.4) is 0 Å². The average Bonchev–Trinajstić information content (AvgIpc) is 4.07. The lowest BCUT2D eigenvalue weighted by atomic mass is 9.67. The van der Waals surface area contributed by atoms with E-state index in [-0.39, 0.29) is 0 Å². The van der Waals surface area contributed by atoms with Crippen LogP contribution in [-0.2, 0) is 11.8 Å². The lowest BCUT2D eigenvalue weighted by Crippen LogP contribution is -2.28. The molecule has 0 aromatic heterocycles. The molecule has 13 aromatic carbocycles. The van der Waals surface area contributed by atoms with E-state index in [1.807, 2.05) is 0 Å². The van der Waals surface area contributed by atoms with E-state index >= 15 is 0 Å². The Bertz CT molecular complexity index is 4430. The van der Waals surface area contributed by atoms with Crippen LogP contribution >= 0.6 is 0 Å². The van der Waals surface area contributed by atoms with E-state index in [1.54, 1.807) is 0 Å². The van der Waals surface area contributed by atoms with Gasteiger partial charge in [0, 0.05) is 34.3 Å². The van der Waals surface area contributed by atoms with Crippen molar-refractivity contribution in [1.82, 2.24) is 0 Å². The number of fused-ring (bicyclic) bond motifs is 14. The Morgan fingerprint density at radius 1 is 0.304 bits per heavy atom. The van der Waals surface area contributed by atoms with Crippen LogP contribution in [0.15, 0.2) is 297 Å². The zero-order chi connectivity index (χ0) is 52.3. The van der Waals surface area contributed by atoms with Gasteiger partial charge in [-0.1, -0.05) is 255 Å². The standard InChI is InChI=1S/C77H53NO/c1-3-24-55(25-4-1)77(73-39-18-15-36-68(73)69-37-16-19-40-74(69)77)56-26-21-29-58(51-56)78(57-27-5-2-6-28-57)75-41-20-17-38-70(75)62-33-12-11-31-60(62)54-44-46-66-71-47-43-53-23-8-10-32-61(53)76(71)79-49-48-67-59-30-9-7-22-52(59)42-45-65(67)63-34-13-14-35-64(63)72(66)50-54/h1-47,50-51H,48-49H2. The maximum Gasteiger partial charge on any atom is 0.134 e. The molecule has 0 bridgehead atoms. The highest BCUT2D eigenvalue weighted by atomic mass is 16.5. The predicted octanol–water partition coefficient (Wildman–Crippen LogP) is 20.1. The van der Waals surface area contributed by atoms with Crippen molar-refractivity contribution < 1.29 is 4.74 Å². The van der Waals surface area contributed by atoms with Gasteiger partial charge in [-0.05, 0) is 142 Å². The molecule has 1 aliphatic heterocycles. The third-order valence-corrected chi connectivity index (χ3v) is 16.7. The van der Waals surface area contributed by atoms with Gasteiger partial charge in [0.05, 0.1) is 17.7 Å². The molecule has 13 aromatic rings. The number of para-hydroxylation sites is 2. The Morgan fingerprint density at radius 3 is 1.52 bits per heavy atom. The molecule has 0 atom stereocenters. The summed E-state index contributed by atoms with van der Waals surface area (Å²) >= 11 is 0. The summed E-state index contributed by atoms with van der Waals surface area (Å²) in [7, 11) is 0. The van der Waals surface area contributed by atoms with Crippen LogP contribution in [0.5, 0.6) is 5.75 Å². The van der Waals surface area contributed by atoms with Gasteiger partial charge < -0.3 is 9.64 Å². The van der Waals surface area contributed by atoms with E-state index in [1.165, 1.54) is 66.4 Å². The summed E-state index contributed by atoms with van der Waals surface area (Å²) in [5.74, 6) is 0.920. The van der Waals surface area contributed by atoms with Crippen LogP contribution in [0.2, 0.25) is 0 Å². The van der Waals surface area contributed by atoms with Crippen molar-refractivity contribution in [2.45, 2.75) is 11.8 Å². The zero-order valence-electron chi connectivity index (χ0n) is 43.6. The van der Waals surface area contributed by atoms with Crippen molar-refractivity contribution in [1.29, 1.82) is 0 Å². The Kier molecular flexibility index (Phi) is 11.3. The third kappa shape index (κ3) is 7.55. The minimum absolute atomic E-state index is 0.546. The monoisotopic (exact) mass is 1010 g/mol. The Labute approximate surface area is 461 Å². The van der Waals surface area contributed by atoms with E-state index < -0.39 is 5.41 Å². The minimum Gasteiger partial charge on any atom is -0.492 e. The van der Waals surface area contributed by atoms with Gasteiger partial charge >= 0.3 is 0 Å². The fraction of sp³-hybridized carbons (Fsp3) is 0.0390. The predicted molar refractivity (Wildman–Crippen MR) is 330 cm³/mol. The van der Waals surface area contributed by atoms with Gasteiger partial charge in [-0.25, -0.2) is 0 Å². The van der Waals surface area contributed by atoms with Crippen molar-refractivity contribution in [2.24, 2.45) is 0 Å². The summed E-state index contributed by atoms with van der Waals surface area (Å²) in [5.41, 5.74) is 23.2. The lowest BCUT2D eigenvalue weighted by Gasteiger charge is -2.35. The molecule has 0 radical (unpaired) electrons. The normalized spacial score (nSPS) is 12.9. The van der Waals surface area contributed by atoms with Crippen molar-refractivity contribution in [3.8, 4) is 72.5 Å². The van der Waals surface area contributed by atoms with Gasteiger partial charge in [0.15, 0.2) is 0 Å². The van der Waals surface area contributed by atoms with Gasteiger partial charge in [0.1, 0.15) is 5.75 Å². The van der Waals surface area contributed by atoms with Crippen LogP contribution in [0.4, 0.5) is 17.1 Å². The second-order valence-corrected chi connectivity index (χ2v) is 20.9. The van der Waals surface area contributed by atoms with Crippen molar-refractivity contribution in [3.63, 3.8) is 0 Å². The smallest absolute Gasteiger partial charge is 0.134 e. The van der Waals surface area contributed by atoms with Crippen molar-refractivity contribution in [2.75, 3.05) is 11.5 Å². The number of hydrogen-bond acceptors (Lipinski definition) is 2. The van der Waals surface area contributed by atoms with Crippen LogP contribution in [0.1, 0.15) is 27.8 Å². The fourth-order valence-electron chi connectivity index (χ4n) is 13.3. The first-order valence-electron chi connectivity index (χ1n) is 27.5. The number of nitrogens with zero attached hydrogens (tertiary/aromatic N) is 1. The van der Waals surface area contributed by atoms with Gasteiger partial charge in [-0.3, -0.25) is 0 Å². The van der Waals surface area contributed by atoms with Crippen molar-refractivity contribution in [3.05, 3.63) is 325 Å². The topological polar surface area (TPSA) is 12.5 Å². The highest BCUT2D eigenvalue weighted by Crippen LogP contribution is 2.57. The third-order valence-electron chi connectivity index (χ3n) is 16.7. The first-order chi connectivity index (χ1) is 39.2. The zero-order valence-corrected chi connectivity index (χ0v) is 43.6. The number of ether oxygens (including phenoxy) is 1. The summed E-state index contributed by atoms with van der Waals surface area (Å²) in [5, 5.41) is 4.77. The fourth-order valence-corrected chi connectivity index (χ4v) is 13.3. The molecule has 0 saturated heterocycles. The molecule has 2 aliphatic rings. The first kappa shape index (κ1) is 46.3. The molecule has 0 N–H and O–H groups in total. The summed E-state index contributed by atoms with van der Waals surface area (Å²) in [6, 6.07) is 110. The average molecular weight is 1010 g/mol. The van der Waals surface area contributed by atoms with Crippen LogP contribution < -0.4 is 9.64 Å². The molecule has 1 aliphatic carbocycles. The summed E-state index contributed by atoms with van der Waals surface area (Å²) < 4.78 is 7.09. The van der Waals surface area contributed by atoms with Gasteiger partial charge in [0.25, 0.3) is 0 Å². The maximum atomic E-state index is 7.09. The molecule has 0 amide bonds. The highest BCUT2D eigenvalue weighted by Gasteiger charge is 2.46. The van der Waals surface area contributed by atoms with E-state index in [9.17, 15) is 0 Å². The molecule has 1 heterocycles. The van der Waals surface area contributed by atoms with E-state index in [4.69, 9.17) is 4.74 Å². The number of hydrogen-bond donors (Lipinski definition) is 0. The van der Waals surface area contributed by atoms with E-state index in [0.717, 1.165) is 78.9 Å². The largest absolute Gasteiger partial charge is 0.492 e. The SMILES string of the molecule is c1ccc(N(c2cccc(C3(c4ccccc4)c4ccccc4-c4ccccc43)c2)c2ccccc2-c2ccccc2-c2ccc3c(c2)-c2ccccc2-c2ccc4ccccc4c2CCOc2c-3ccc3ccccc23)cc1. The van der Waals surface area contributed by atoms with Gasteiger partial charge in [0.2, 0.25) is 0 Å². The van der Waals surface area contributed by atoms with Gasteiger partial charge in [-0.15, -0.1) is 0 Å². The second kappa shape index (κ2) is 19.2. The summed E-state index contributed by atoms with van der Waals surface area (Å²) in [4.78, 5) is 2.45. The number of anilines is 3. The van der Waals surface area contributed by atoms with E-state index in [0.29, 0.717) is 6.61 Å². The quantitative estimate of drug-likeness (QED) is 0.158. The van der Waals surface area contributed by atoms with Crippen LogP contribution in [0.25, 0.3) is 88.3 Å². The van der Waals surface area contributed by atoms with Crippen LogP contribution in [0, 0.1) is 0 Å². The molecular weight excluding hydrogens is 955 g/mol. The molecule has 0 spiro atoms. The summed E-state index contributed by atoms with van der Waals surface area (Å²) in [6.45, 7) is 0.546. The highest BCUT2D eigenvalue weighted by molar-refractivity contribution is 6.04. The maximum absolute atomic E-state index is 7.09. The molecule has 0 fully saturated rings. The Morgan fingerprint density at radius 2 is 0.797 bits per heavy atom. The first-order valence-corrected chi connectivity index (χ1v) is 27.5. The molecule has 2 heteroatoms. The number of benzene rings is 13. The molecule has 372 valence electrons. The Hall–Kier alpha value is -10.0. The van der Waals surface area contributed by atoms with E-state index in [2.05, 4.69) is 302 Å². The molecule has 2 nitrogen and oxygen atoms in total. The minimum atomic E-state index is -0.547. The Balaban J connectivity index is 0.930. The van der Waals surface area contributed by atoms with Crippen molar-refractivity contribution >= 4 is 38.6 Å². The van der Waals surface area contributed by atoms with Crippen LogP contribution in [-0.4, -0.2) is 6.61 Å². The molecular formula is C77H53NO. The molecule has 0 unspecified atom stereocenters. The molecule has 79 heavy (non-hydrogen) atoms. The summed E-state index contributed by atoms with van der Waals surface area (Å²) in [6.07, 6.45) is 0.766.